The fourth-order valence-corrected chi connectivity index (χ4v) is 1.33. The lowest BCUT2D eigenvalue weighted by atomic mass is 10.1. The minimum Gasteiger partial charge on any atom is -0.317 e. The standard InChI is InChI=1S/C8H14F2NO/c1-6(2)3-11-4-7(5-11)12-8(9)10/h7-8H,3-5H2,1-2H3. The number of ether oxygens (including phenoxy) is 1. The third-order valence-corrected chi connectivity index (χ3v) is 1.76. The fourth-order valence-electron chi connectivity index (χ4n) is 1.33. The van der Waals surface area contributed by atoms with Crippen LogP contribution in [0.5, 0.6) is 0 Å². The van der Waals surface area contributed by atoms with Crippen LogP contribution in [0.4, 0.5) is 8.78 Å². The van der Waals surface area contributed by atoms with E-state index < -0.39 is 6.61 Å². The summed E-state index contributed by atoms with van der Waals surface area (Å²) >= 11 is 0. The van der Waals surface area contributed by atoms with E-state index in [1.807, 2.05) is 13.8 Å². The lowest BCUT2D eigenvalue weighted by molar-refractivity contribution is -0.195. The van der Waals surface area contributed by atoms with Crippen molar-refractivity contribution in [2.24, 2.45) is 0 Å². The van der Waals surface area contributed by atoms with Crippen LogP contribution in [-0.2, 0) is 4.74 Å². The Hall–Kier alpha value is -0.220. The van der Waals surface area contributed by atoms with Gasteiger partial charge in [-0.05, 0) is 5.92 Å². The Labute approximate surface area is 71.5 Å². The van der Waals surface area contributed by atoms with Gasteiger partial charge >= 0.3 is 6.61 Å². The van der Waals surface area contributed by atoms with E-state index in [1.54, 1.807) is 0 Å². The van der Waals surface area contributed by atoms with Gasteiger partial charge in [0, 0.05) is 19.6 Å². The summed E-state index contributed by atoms with van der Waals surface area (Å²) in [6, 6.07) is 0. The molecule has 0 saturated carbocycles. The number of hydrogen-bond donors (Lipinski definition) is 0. The Balaban J connectivity index is 2.04. The van der Waals surface area contributed by atoms with Crippen molar-refractivity contribution in [3.8, 4) is 0 Å². The second-order valence-corrected chi connectivity index (χ2v) is 3.42. The first-order chi connectivity index (χ1) is 5.58. The quantitative estimate of drug-likeness (QED) is 0.647. The Morgan fingerprint density at radius 2 is 2.08 bits per heavy atom. The molecule has 1 fully saturated rings. The molecule has 2 nitrogen and oxygen atoms in total. The number of alkyl halides is 2. The van der Waals surface area contributed by atoms with Crippen LogP contribution in [-0.4, -0.2) is 37.2 Å². The molecule has 12 heavy (non-hydrogen) atoms. The molecule has 4 heteroatoms. The summed E-state index contributed by atoms with van der Waals surface area (Å²) in [5.41, 5.74) is 0. The minimum atomic E-state index is -2.62. The normalized spacial score (nSPS) is 20.5. The largest absolute Gasteiger partial charge is 0.345 e. The van der Waals surface area contributed by atoms with E-state index in [-0.39, 0.29) is 6.10 Å². The summed E-state index contributed by atoms with van der Waals surface area (Å²) in [4.78, 5) is 2.09. The molecule has 0 atom stereocenters. The zero-order valence-electron chi connectivity index (χ0n) is 7.39. The second-order valence-electron chi connectivity index (χ2n) is 3.42. The van der Waals surface area contributed by atoms with Gasteiger partial charge in [-0.1, -0.05) is 13.8 Å². The van der Waals surface area contributed by atoms with Crippen molar-refractivity contribution in [1.29, 1.82) is 0 Å². The van der Waals surface area contributed by atoms with Crippen LogP contribution >= 0.6 is 0 Å². The first-order valence-corrected chi connectivity index (χ1v) is 4.03. The van der Waals surface area contributed by atoms with E-state index in [1.165, 1.54) is 5.92 Å². The van der Waals surface area contributed by atoms with Gasteiger partial charge in [0.1, 0.15) is 0 Å². The molecule has 71 valence electrons. The van der Waals surface area contributed by atoms with Crippen molar-refractivity contribution in [3.05, 3.63) is 5.92 Å². The van der Waals surface area contributed by atoms with Crippen LogP contribution in [0.25, 0.3) is 0 Å². The molecular weight excluding hydrogens is 164 g/mol. The fraction of sp³-hybridized carbons (Fsp3) is 0.875. The van der Waals surface area contributed by atoms with Crippen molar-refractivity contribution in [3.63, 3.8) is 0 Å². The van der Waals surface area contributed by atoms with E-state index in [0.29, 0.717) is 13.1 Å². The Kier molecular flexibility index (Phi) is 3.40. The van der Waals surface area contributed by atoms with Gasteiger partial charge in [0.15, 0.2) is 0 Å². The molecular formula is C8H14F2NO. The monoisotopic (exact) mass is 178 g/mol. The van der Waals surface area contributed by atoms with Gasteiger partial charge in [0.2, 0.25) is 0 Å². The second kappa shape index (κ2) is 4.14. The van der Waals surface area contributed by atoms with Gasteiger partial charge in [0.05, 0.1) is 6.10 Å². The smallest absolute Gasteiger partial charge is 0.317 e. The van der Waals surface area contributed by atoms with Gasteiger partial charge in [-0.15, -0.1) is 0 Å². The highest BCUT2D eigenvalue weighted by Gasteiger charge is 2.29. The average molecular weight is 178 g/mol. The summed E-state index contributed by atoms with van der Waals surface area (Å²) in [5, 5.41) is 0. The molecule has 1 radical (unpaired) electrons. The van der Waals surface area contributed by atoms with E-state index in [2.05, 4.69) is 9.64 Å². The molecule has 1 heterocycles. The molecule has 0 N–H and O–H groups in total. The maximum Gasteiger partial charge on any atom is 0.345 e. The van der Waals surface area contributed by atoms with Crippen LogP contribution in [0.3, 0.4) is 0 Å². The molecule has 0 aliphatic carbocycles. The van der Waals surface area contributed by atoms with Crippen molar-refractivity contribution >= 4 is 0 Å². The third kappa shape index (κ3) is 3.03. The molecule has 0 aromatic heterocycles. The Morgan fingerprint density at radius 1 is 1.50 bits per heavy atom. The molecule has 1 aliphatic rings. The van der Waals surface area contributed by atoms with Gasteiger partial charge in [0.25, 0.3) is 0 Å². The van der Waals surface area contributed by atoms with Crippen molar-refractivity contribution in [2.75, 3.05) is 19.6 Å². The van der Waals surface area contributed by atoms with Crippen molar-refractivity contribution < 1.29 is 13.5 Å². The van der Waals surface area contributed by atoms with Gasteiger partial charge in [-0.3, -0.25) is 4.90 Å². The number of halogens is 2. The molecule has 1 aliphatic heterocycles. The number of nitrogens with zero attached hydrogens (tertiary/aromatic N) is 1. The van der Waals surface area contributed by atoms with Gasteiger partial charge < -0.3 is 4.74 Å². The summed E-state index contributed by atoms with van der Waals surface area (Å²) in [7, 11) is 0. The van der Waals surface area contributed by atoms with Crippen molar-refractivity contribution in [1.82, 2.24) is 4.90 Å². The number of rotatable bonds is 4. The lowest BCUT2D eigenvalue weighted by Gasteiger charge is -2.39. The maximum absolute atomic E-state index is 11.6. The number of likely N-dealkylation sites (tertiary alicyclic amines) is 1. The van der Waals surface area contributed by atoms with Crippen LogP contribution in [0.15, 0.2) is 0 Å². The first-order valence-electron chi connectivity index (χ1n) is 4.03. The highest BCUT2D eigenvalue weighted by Crippen LogP contribution is 2.16. The van der Waals surface area contributed by atoms with E-state index in [4.69, 9.17) is 0 Å². The highest BCUT2D eigenvalue weighted by molar-refractivity contribution is 4.89. The highest BCUT2D eigenvalue weighted by atomic mass is 19.3. The Morgan fingerprint density at radius 3 is 2.50 bits per heavy atom. The molecule has 0 amide bonds. The predicted octanol–water partition coefficient (Wildman–Crippen LogP) is 1.52. The zero-order chi connectivity index (χ0) is 9.14. The molecule has 0 aromatic carbocycles. The van der Waals surface area contributed by atoms with Crippen molar-refractivity contribution in [2.45, 2.75) is 26.6 Å². The third-order valence-electron chi connectivity index (χ3n) is 1.76. The SMILES string of the molecule is C[C](C)CN1CC(OC(F)F)C1. The maximum atomic E-state index is 11.6. The summed E-state index contributed by atoms with van der Waals surface area (Å²) in [6.45, 7) is 3.60. The zero-order valence-corrected chi connectivity index (χ0v) is 7.39. The van der Waals surface area contributed by atoms with Crippen LogP contribution in [0.1, 0.15) is 13.8 Å². The summed E-state index contributed by atoms with van der Waals surface area (Å²) < 4.78 is 27.6. The predicted molar refractivity (Wildman–Crippen MR) is 41.9 cm³/mol. The molecule has 0 spiro atoms. The molecule has 0 bridgehead atoms. The van der Waals surface area contributed by atoms with Crippen LogP contribution in [0, 0.1) is 5.92 Å². The Bertz CT molecular complexity index is 121. The lowest BCUT2D eigenvalue weighted by Crippen LogP contribution is -2.53. The van der Waals surface area contributed by atoms with E-state index in [0.717, 1.165) is 6.54 Å². The number of hydrogen-bond acceptors (Lipinski definition) is 2. The first kappa shape index (κ1) is 9.86. The van der Waals surface area contributed by atoms with Gasteiger partial charge in [-0.2, -0.15) is 8.78 Å². The molecule has 0 aromatic rings. The molecule has 0 unspecified atom stereocenters. The molecule has 1 saturated heterocycles. The van der Waals surface area contributed by atoms with Crippen LogP contribution in [0.2, 0.25) is 0 Å². The molecule has 1 rings (SSSR count). The minimum absolute atomic E-state index is 0.260. The van der Waals surface area contributed by atoms with E-state index in [9.17, 15) is 8.78 Å². The van der Waals surface area contributed by atoms with Gasteiger partial charge in [-0.25, -0.2) is 0 Å². The summed E-state index contributed by atoms with van der Waals surface area (Å²) in [6.07, 6.45) is -0.260. The van der Waals surface area contributed by atoms with Crippen LogP contribution < -0.4 is 0 Å². The average Bonchev–Trinajstić information content (AvgIpc) is 1.80. The summed E-state index contributed by atoms with van der Waals surface area (Å²) in [5.74, 6) is 1.30. The van der Waals surface area contributed by atoms with E-state index >= 15 is 0 Å². The topological polar surface area (TPSA) is 12.5 Å².